The van der Waals surface area contributed by atoms with Crippen molar-refractivity contribution >= 4 is 17.5 Å². The van der Waals surface area contributed by atoms with Gasteiger partial charge in [0.15, 0.2) is 6.10 Å². The monoisotopic (exact) mass is 296 g/mol. The summed E-state index contributed by atoms with van der Waals surface area (Å²) < 4.78 is 5.69. The molecule has 5 heteroatoms. The van der Waals surface area contributed by atoms with Gasteiger partial charge in [-0.3, -0.25) is 4.79 Å². The van der Waals surface area contributed by atoms with E-state index in [2.05, 4.69) is 11.9 Å². The minimum absolute atomic E-state index is 0.0419. The smallest absolute Gasteiger partial charge is 0.263 e. The molecule has 0 aliphatic carbocycles. The first-order valence-electron chi connectivity index (χ1n) is 6.96. The van der Waals surface area contributed by atoms with Crippen LogP contribution in [0.2, 0.25) is 5.02 Å². The largest absolute Gasteiger partial charge is 0.481 e. The Hall–Kier alpha value is -1.26. The van der Waals surface area contributed by atoms with Gasteiger partial charge < -0.3 is 14.5 Å². The van der Waals surface area contributed by atoms with E-state index in [-0.39, 0.29) is 5.91 Å². The van der Waals surface area contributed by atoms with E-state index >= 15 is 0 Å². The SMILES string of the molecule is C[C@H](Oc1cccc(Cl)c1)C(=O)N1CCCN(C)CC1. The Balaban J connectivity index is 1.94. The molecule has 0 N–H and O–H groups in total. The second kappa shape index (κ2) is 6.95. The number of likely N-dealkylation sites (N-methyl/N-ethyl adjacent to an activating group) is 1. The lowest BCUT2D eigenvalue weighted by Gasteiger charge is -2.24. The van der Waals surface area contributed by atoms with Gasteiger partial charge in [-0.25, -0.2) is 0 Å². The third-order valence-electron chi connectivity index (χ3n) is 3.49. The van der Waals surface area contributed by atoms with Gasteiger partial charge in [-0.2, -0.15) is 0 Å². The minimum Gasteiger partial charge on any atom is -0.481 e. The first-order valence-corrected chi connectivity index (χ1v) is 7.33. The van der Waals surface area contributed by atoms with Crippen molar-refractivity contribution in [3.63, 3.8) is 0 Å². The molecule has 0 aromatic heterocycles. The Labute approximate surface area is 125 Å². The molecule has 0 bridgehead atoms. The van der Waals surface area contributed by atoms with Crippen molar-refractivity contribution in [1.82, 2.24) is 9.80 Å². The molecular formula is C15H21ClN2O2. The maximum absolute atomic E-state index is 12.4. The van der Waals surface area contributed by atoms with Crippen LogP contribution in [0.15, 0.2) is 24.3 Å². The van der Waals surface area contributed by atoms with E-state index in [4.69, 9.17) is 16.3 Å². The highest BCUT2D eigenvalue weighted by Gasteiger charge is 2.23. The number of carbonyl (C=O) groups is 1. The molecule has 1 aliphatic heterocycles. The van der Waals surface area contributed by atoms with Crippen molar-refractivity contribution in [2.75, 3.05) is 33.2 Å². The van der Waals surface area contributed by atoms with Crippen molar-refractivity contribution < 1.29 is 9.53 Å². The van der Waals surface area contributed by atoms with E-state index in [1.807, 2.05) is 17.0 Å². The lowest BCUT2D eigenvalue weighted by atomic mass is 10.3. The highest BCUT2D eigenvalue weighted by atomic mass is 35.5. The van der Waals surface area contributed by atoms with Gasteiger partial charge in [0, 0.05) is 24.7 Å². The number of amides is 1. The summed E-state index contributed by atoms with van der Waals surface area (Å²) in [5.41, 5.74) is 0. The van der Waals surface area contributed by atoms with Crippen LogP contribution in [0.3, 0.4) is 0 Å². The second-order valence-electron chi connectivity index (χ2n) is 5.20. The van der Waals surface area contributed by atoms with E-state index in [0.29, 0.717) is 10.8 Å². The molecule has 1 heterocycles. The summed E-state index contributed by atoms with van der Waals surface area (Å²) >= 11 is 5.91. The highest BCUT2D eigenvalue weighted by molar-refractivity contribution is 6.30. The molecule has 0 unspecified atom stereocenters. The Morgan fingerprint density at radius 1 is 1.30 bits per heavy atom. The van der Waals surface area contributed by atoms with Crippen LogP contribution in [-0.2, 0) is 4.79 Å². The highest BCUT2D eigenvalue weighted by Crippen LogP contribution is 2.19. The topological polar surface area (TPSA) is 32.8 Å². The molecule has 0 radical (unpaired) electrons. The van der Waals surface area contributed by atoms with E-state index in [9.17, 15) is 4.79 Å². The van der Waals surface area contributed by atoms with E-state index < -0.39 is 6.10 Å². The summed E-state index contributed by atoms with van der Waals surface area (Å²) in [5, 5.41) is 0.610. The average Bonchev–Trinajstić information content (AvgIpc) is 2.62. The standard InChI is InChI=1S/C15H21ClN2O2/c1-12(20-14-6-3-5-13(16)11-14)15(19)18-8-4-7-17(2)9-10-18/h3,5-6,11-12H,4,7-10H2,1-2H3/t12-/m0/s1. The van der Waals surface area contributed by atoms with E-state index in [1.54, 1.807) is 19.1 Å². The average molecular weight is 297 g/mol. The summed E-state index contributed by atoms with van der Waals surface area (Å²) in [7, 11) is 2.08. The number of nitrogens with zero attached hydrogens (tertiary/aromatic N) is 2. The summed E-state index contributed by atoms with van der Waals surface area (Å²) in [6.45, 7) is 5.30. The Bertz CT molecular complexity index is 467. The molecule has 20 heavy (non-hydrogen) atoms. The molecular weight excluding hydrogens is 276 g/mol. The number of hydrogen-bond donors (Lipinski definition) is 0. The molecule has 1 atom stereocenters. The van der Waals surface area contributed by atoms with Crippen LogP contribution >= 0.6 is 11.6 Å². The first kappa shape index (κ1) is 15.1. The molecule has 110 valence electrons. The lowest BCUT2D eigenvalue weighted by molar-refractivity contribution is -0.137. The molecule has 1 aliphatic rings. The van der Waals surface area contributed by atoms with Gasteiger partial charge in [0.25, 0.3) is 5.91 Å². The predicted molar refractivity (Wildman–Crippen MR) is 80.2 cm³/mol. The van der Waals surface area contributed by atoms with Gasteiger partial charge >= 0.3 is 0 Å². The van der Waals surface area contributed by atoms with Crippen molar-refractivity contribution in [3.8, 4) is 5.75 Å². The molecule has 1 aromatic carbocycles. The fourth-order valence-electron chi connectivity index (χ4n) is 2.32. The number of hydrogen-bond acceptors (Lipinski definition) is 3. The number of benzene rings is 1. The second-order valence-corrected chi connectivity index (χ2v) is 5.64. The fourth-order valence-corrected chi connectivity index (χ4v) is 2.50. The number of ether oxygens (including phenoxy) is 1. The summed E-state index contributed by atoms with van der Waals surface area (Å²) in [5.74, 6) is 0.672. The Morgan fingerprint density at radius 3 is 2.85 bits per heavy atom. The van der Waals surface area contributed by atoms with Crippen LogP contribution in [0.4, 0.5) is 0 Å². The molecule has 1 saturated heterocycles. The van der Waals surface area contributed by atoms with Gasteiger partial charge in [0.05, 0.1) is 0 Å². The maximum atomic E-state index is 12.4. The predicted octanol–water partition coefficient (Wildman–Crippen LogP) is 2.27. The molecule has 2 rings (SSSR count). The van der Waals surface area contributed by atoms with Crippen LogP contribution in [0, 0.1) is 0 Å². The van der Waals surface area contributed by atoms with Crippen LogP contribution in [0.5, 0.6) is 5.75 Å². The van der Waals surface area contributed by atoms with Gasteiger partial charge in [-0.15, -0.1) is 0 Å². The number of rotatable bonds is 3. The van der Waals surface area contributed by atoms with Gasteiger partial charge in [0.2, 0.25) is 0 Å². The van der Waals surface area contributed by atoms with E-state index in [1.165, 1.54) is 0 Å². The first-order chi connectivity index (χ1) is 9.56. The molecule has 1 amide bonds. The lowest BCUT2D eigenvalue weighted by Crippen LogP contribution is -2.42. The number of halogens is 1. The van der Waals surface area contributed by atoms with Crippen molar-refractivity contribution in [1.29, 1.82) is 0 Å². The normalized spacial score (nSPS) is 18.4. The fraction of sp³-hybridized carbons (Fsp3) is 0.533. The van der Waals surface area contributed by atoms with Crippen LogP contribution < -0.4 is 4.74 Å². The van der Waals surface area contributed by atoms with Crippen molar-refractivity contribution in [2.45, 2.75) is 19.4 Å². The number of carbonyl (C=O) groups excluding carboxylic acids is 1. The minimum atomic E-state index is -0.489. The third-order valence-corrected chi connectivity index (χ3v) is 3.72. The molecule has 4 nitrogen and oxygen atoms in total. The Morgan fingerprint density at radius 2 is 2.10 bits per heavy atom. The van der Waals surface area contributed by atoms with E-state index in [0.717, 1.165) is 32.6 Å². The van der Waals surface area contributed by atoms with Crippen LogP contribution in [0.25, 0.3) is 0 Å². The third kappa shape index (κ3) is 4.12. The quantitative estimate of drug-likeness (QED) is 0.858. The Kier molecular flexibility index (Phi) is 5.26. The van der Waals surface area contributed by atoms with Gasteiger partial charge in [-0.1, -0.05) is 17.7 Å². The molecule has 1 aromatic rings. The molecule has 1 fully saturated rings. The van der Waals surface area contributed by atoms with Crippen molar-refractivity contribution in [2.24, 2.45) is 0 Å². The summed E-state index contributed by atoms with van der Waals surface area (Å²) in [4.78, 5) is 16.5. The molecule has 0 spiro atoms. The van der Waals surface area contributed by atoms with Gasteiger partial charge in [0.1, 0.15) is 5.75 Å². The zero-order valence-electron chi connectivity index (χ0n) is 12.0. The van der Waals surface area contributed by atoms with Crippen LogP contribution in [0.1, 0.15) is 13.3 Å². The zero-order chi connectivity index (χ0) is 14.5. The molecule has 0 saturated carbocycles. The van der Waals surface area contributed by atoms with Crippen molar-refractivity contribution in [3.05, 3.63) is 29.3 Å². The summed E-state index contributed by atoms with van der Waals surface area (Å²) in [6, 6.07) is 7.13. The van der Waals surface area contributed by atoms with Gasteiger partial charge in [-0.05, 0) is 45.1 Å². The zero-order valence-corrected chi connectivity index (χ0v) is 12.8. The summed E-state index contributed by atoms with van der Waals surface area (Å²) in [6.07, 6.45) is 0.517. The van der Waals surface area contributed by atoms with Crippen LogP contribution in [-0.4, -0.2) is 55.0 Å². The maximum Gasteiger partial charge on any atom is 0.263 e.